The summed E-state index contributed by atoms with van der Waals surface area (Å²) in [7, 11) is -2.22. The second-order valence-corrected chi connectivity index (χ2v) is 13.5. The Morgan fingerprint density at radius 3 is 2.38 bits per heavy atom. The molecule has 42 heavy (non-hydrogen) atoms. The summed E-state index contributed by atoms with van der Waals surface area (Å²) in [5, 5.41) is 0. The molecule has 216 valence electrons. The van der Waals surface area contributed by atoms with E-state index < -0.39 is 10.0 Å². The number of fused-ring (bicyclic) bond motifs is 1. The van der Waals surface area contributed by atoms with Gasteiger partial charge in [-0.2, -0.15) is 4.31 Å². The van der Waals surface area contributed by atoms with Crippen molar-refractivity contribution < 1.29 is 13.2 Å². The Labute approximate surface area is 255 Å². The van der Waals surface area contributed by atoms with E-state index in [9.17, 15) is 8.42 Å². The number of pyridine rings is 1. The summed E-state index contributed by atoms with van der Waals surface area (Å²) in [5.41, 5.74) is 8.79. The van der Waals surface area contributed by atoms with Crippen molar-refractivity contribution >= 4 is 31.6 Å². The van der Waals surface area contributed by atoms with Gasteiger partial charge in [0.25, 0.3) is 0 Å². The van der Waals surface area contributed by atoms with Gasteiger partial charge in [-0.3, -0.25) is 4.90 Å². The minimum absolute atomic E-state index is 0.181. The van der Waals surface area contributed by atoms with E-state index >= 15 is 0 Å². The van der Waals surface area contributed by atoms with E-state index in [2.05, 4.69) is 87.7 Å². The van der Waals surface area contributed by atoms with E-state index in [0.29, 0.717) is 42.9 Å². The van der Waals surface area contributed by atoms with Crippen LogP contribution in [0.4, 0.5) is 0 Å². The number of methoxy groups -OCH3 is 1. The van der Waals surface area contributed by atoms with E-state index in [4.69, 9.17) is 9.72 Å². The fourth-order valence-corrected chi connectivity index (χ4v) is 7.73. The smallest absolute Gasteiger partial charge is 0.246 e. The first-order valence-corrected chi connectivity index (χ1v) is 16.2. The zero-order valence-electron chi connectivity index (χ0n) is 23.9. The minimum atomic E-state index is -3.71. The average Bonchev–Trinajstić information content (AvgIpc) is 3.36. The highest BCUT2D eigenvalue weighted by Crippen LogP contribution is 2.32. The Bertz CT molecular complexity index is 1860. The van der Waals surface area contributed by atoms with Gasteiger partial charge < -0.3 is 9.14 Å². The molecule has 2 aromatic heterocycles. The van der Waals surface area contributed by atoms with Crippen LogP contribution in [0.3, 0.4) is 0 Å². The average molecular weight is 646 g/mol. The summed E-state index contributed by atoms with van der Waals surface area (Å²) >= 11 is 3.40. The summed E-state index contributed by atoms with van der Waals surface area (Å²) in [6, 6.07) is 26.1. The molecule has 0 aliphatic carbocycles. The molecule has 0 atom stereocenters. The second-order valence-electron chi connectivity index (χ2n) is 10.7. The lowest BCUT2D eigenvalue weighted by atomic mass is 10.00. The third kappa shape index (κ3) is 5.49. The van der Waals surface area contributed by atoms with Gasteiger partial charge in [0.2, 0.25) is 10.0 Å². The molecule has 1 aliphatic rings. The van der Waals surface area contributed by atoms with Gasteiger partial charge >= 0.3 is 0 Å². The molecule has 6 rings (SSSR count). The van der Waals surface area contributed by atoms with Crippen LogP contribution in [0, 0.1) is 13.8 Å². The number of aromatic nitrogens is 2. The van der Waals surface area contributed by atoms with Gasteiger partial charge in [-0.15, -0.1) is 0 Å². The number of benzene rings is 3. The first-order chi connectivity index (χ1) is 20.2. The normalized spacial score (nSPS) is 14.9. The van der Waals surface area contributed by atoms with Gasteiger partial charge in [-0.05, 0) is 60.9 Å². The Balaban J connectivity index is 1.32. The lowest BCUT2D eigenvalue weighted by Gasteiger charge is -2.34. The van der Waals surface area contributed by atoms with E-state index in [1.165, 1.54) is 23.8 Å². The molecule has 0 unspecified atom stereocenters. The van der Waals surface area contributed by atoms with E-state index in [1.807, 2.05) is 18.2 Å². The Morgan fingerprint density at radius 1 is 0.881 bits per heavy atom. The highest BCUT2D eigenvalue weighted by atomic mass is 79.9. The highest BCUT2D eigenvalue weighted by Gasteiger charge is 2.31. The maximum Gasteiger partial charge on any atom is 0.246 e. The van der Waals surface area contributed by atoms with Gasteiger partial charge in [0, 0.05) is 49.0 Å². The molecule has 0 bridgehead atoms. The fourth-order valence-electron chi connectivity index (χ4n) is 5.61. The van der Waals surface area contributed by atoms with Crippen LogP contribution in [-0.2, 0) is 16.6 Å². The summed E-state index contributed by atoms with van der Waals surface area (Å²) in [6.45, 7) is 6.90. The first kappa shape index (κ1) is 28.6. The van der Waals surface area contributed by atoms with Crippen molar-refractivity contribution in [3.8, 4) is 28.1 Å². The zero-order chi connectivity index (χ0) is 29.4. The molecule has 0 radical (unpaired) electrons. The highest BCUT2D eigenvalue weighted by molar-refractivity contribution is 9.10. The number of aryl methyl sites for hydroxylation is 2. The molecule has 1 fully saturated rings. The zero-order valence-corrected chi connectivity index (χ0v) is 26.3. The summed E-state index contributed by atoms with van der Waals surface area (Å²) < 4.78 is 37.0. The Morgan fingerprint density at radius 2 is 1.64 bits per heavy atom. The second kappa shape index (κ2) is 11.6. The number of hydrogen-bond donors (Lipinski definition) is 0. The standard InChI is InChI=1S/C33H33BrN4O3S/c1-23-9-10-24(2)28(19-23)26-11-14-32-35-33(25-7-5-4-6-8-25)29(38(32)21-26)22-36-15-17-37(18-16-36)42(39,40)31-20-27(34)12-13-30(31)41-3/h4-14,19-21H,15-18,22H2,1-3H3. The molecular formula is C33H33BrN4O3S. The third-order valence-corrected chi connectivity index (χ3v) is 10.3. The van der Waals surface area contributed by atoms with Crippen molar-refractivity contribution in [3.63, 3.8) is 0 Å². The van der Waals surface area contributed by atoms with Gasteiger partial charge in [0.15, 0.2) is 0 Å². The molecule has 1 aliphatic heterocycles. The maximum atomic E-state index is 13.6. The largest absolute Gasteiger partial charge is 0.495 e. The van der Waals surface area contributed by atoms with Crippen molar-refractivity contribution in [1.82, 2.24) is 18.6 Å². The van der Waals surface area contributed by atoms with E-state index in [0.717, 1.165) is 28.2 Å². The van der Waals surface area contributed by atoms with Crippen LogP contribution in [0.1, 0.15) is 16.8 Å². The third-order valence-electron chi connectivity index (χ3n) is 7.92. The minimum Gasteiger partial charge on any atom is -0.495 e. The number of rotatable bonds is 7. The van der Waals surface area contributed by atoms with E-state index in [1.54, 1.807) is 22.5 Å². The molecule has 3 heterocycles. The van der Waals surface area contributed by atoms with Gasteiger partial charge in [-0.1, -0.05) is 70.0 Å². The van der Waals surface area contributed by atoms with Crippen LogP contribution in [-0.4, -0.2) is 60.3 Å². The Kier molecular flexibility index (Phi) is 7.93. The molecule has 7 nitrogen and oxygen atoms in total. The van der Waals surface area contributed by atoms with Crippen LogP contribution in [0.25, 0.3) is 28.0 Å². The molecule has 0 amide bonds. The Hall–Kier alpha value is -3.50. The van der Waals surface area contributed by atoms with Crippen molar-refractivity contribution in [1.29, 1.82) is 0 Å². The monoisotopic (exact) mass is 644 g/mol. The summed E-state index contributed by atoms with van der Waals surface area (Å²) in [5.74, 6) is 0.346. The SMILES string of the molecule is COc1ccc(Br)cc1S(=O)(=O)N1CCN(Cc2c(-c3ccccc3)nc3ccc(-c4cc(C)ccc4C)cn23)CC1. The van der Waals surface area contributed by atoms with Gasteiger partial charge in [-0.25, -0.2) is 13.4 Å². The molecule has 5 aromatic rings. The number of ether oxygens (including phenoxy) is 1. The van der Waals surface area contributed by atoms with Crippen LogP contribution >= 0.6 is 15.9 Å². The number of sulfonamides is 1. The molecule has 9 heteroatoms. The predicted molar refractivity (Wildman–Crippen MR) is 170 cm³/mol. The van der Waals surface area contributed by atoms with Gasteiger partial charge in [0.1, 0.15) is 16.3 Å². The van der Waals surface area contributed by atoms with Crippen LogP contribution < -0.4 is 4.74 Å². The number of hydrogen-bond acceptors (Lipinski definition) is 5. The lowest BCUT2D eigenvalue weighted by Crippen LogP contribution is -2.48. The summed E-state index contributed by atoms with van der Waals surface area (Å²) in [6.07, 6.45) is 2.19. The predicted octanol–water partition coefficient (Wildman–Crippen LogP) is 6.56. The number of halogens is 1. The molecule has 3 aromatic carbocycles. The number of nitrogens with zero attached hydrogens (tertiary/aromatic N) is 4. The van der Waals surface area contributed by atoms with Crippen LogP contribution in [0.15, 0.2) is 94.4 Å². The van der Waals surface area contributed by atoms with Crippen molar-refractivity contribution in [3.05, 3.63) is 106 Å². The molecule has 0 saturated carbocycles. The molecule has 1 saturated heterocycles. The van der Waals surface area contributed by atoms with Crippen LogP contribution in [0.2, 0.25) is 0 Å². The van der Waals surface area contributed by atoms with Crippen LogP contribution in [0.5, 0.6) is 5.75 Å². The fraction of sp³-hybridized carbons (Fsp3) is 0.242. The molecular weight excluding hydrogens is 612 g/mol. The molecule has 0 N–H and O–H groups in total. The maximum absolute atomic E-state index is 13.6. The van der Waals surface area contributed by atoms with Crippen molar-refractivity contribution in [2.24, 2.45) is 0 Å². The van der Waals surface area contributed by atoms with Gasteiger partial charge in [0.05, 0.1) is 18.5 Å². The number of imidazole rings is 1. The first-order valence-electron chi connectivity index (χ1n) is 13.9. The topological polar surface area (TPSA) is 67.2 Å². The lowest BCUT2D eigenvalue weighted by molar-refractivity contribution is 0.179. The summed E-state index contributed by atoms with van der Waals surface area (Å²) in [4.78, 5) is 7.55. The molecule has 0 spiro atoms. The van der Waals surface area contributed by atoms with Crippen molar-refractivity contribution in [2.75, 3.05) is 33.3 Å². The quantitative estimate of drug-likeness (QED) is 0.201. The van der Waals surface area contributed by atoms with Crippen molar-refractivity contribution in [2.45, 2.75) is 25.3 Å². The van der Waals surface area contributed by atoms with E-state index in [-0.39, 0.29) is 4.90 Å². The number of piperazine rings is 1.